The molecular formula is C22H31NO4. The van der Waals surface area contributed by atoms with Crippen LogP contribution in [0.2, 0.25) is 0 Å². The van der Waals surface area contributed by atoms with Crippen molar-refractivity contribution in [3.63, 3.8) is 0 Å². The van der Waals surface area contributed by atoms with E-state index >= 15 is 0 Å². The zero-order chi connectivity index (χ0) is 18.4. The van der Waals surface area contributed by atoms with Crippen LogP contribution in [-0.4, -0.2) is 56.2 Å². The van der Waals surface area contributed by atoms with E-state index < -0.39 is 5.79 Å². The van der Waals surface area contributed by atoms with Crippen molar-refractivity contribution in [1.82, 2.24) is 4.90 Å². The first kappa shape index (κ1) is 16.9. The van der Waals surface area contributed by atoms with Crippen LogP contribution in [0.4, 0.5) is 0 Å². The van der Waals surface area contributed by atoms with Gasteiger partial charge in [0.25, 0.3) is 0 Å². The number of hydrogen-bond acceptors (Lipinski definition) is 5. The average Bonchev–Trinajstić information content (AvgIpc) is 3.02. The Morgan fingerprint density at radius 1 is 1.26 bits per heavy atom. The Kier molecular flexibility index (Phi) is 3.45. The fraction of sp³-hybridized carbons (Fsp3) is 0.818. The third kappa shape index (κ3) is 1.96. The van der Waals surface area contributed by atoms with E-state index in [1.54, 1.807) is 7.11 Å². The lowest BCUT2D eigenvalue weighted by Gasteiger charge is -2.64. The molecule has 3 heterocycles. The predicted octanol–water partition coefficient (Wildman–Crippen LogP) is 3.07. The van der Waals surface area contributed by atoms with Gasteiger partial charge < -0.3 is 23.8 Å². The first-order valence-electron chi connectivity index (χ1n) is 10.7. The van der Waals surface area contributed by atoms with Gasteiger partial charge in [-0.3, -0.25) is 0 Å². The van der Waals surface area contributed by atoms with Gasteiger partial charge in [0.1, 0.15) is 5.76 Å². The third-order valence-electron chi connectivity index (χ3n) is 8.59. The van der Waals surface area contributed by atoms with Crippen LogP contribution in [-0.2, 0) is 18.9 Å². The van der Waals surface area contributed by atoms with E-state index in [4.69, 9.17) is 18.9 Å². The molecule has 6 rings (SSSR count). The topological polar surface area (TPSA) is 40.2 Å². The van der Waals surface area contributed by atoms with Crippen LogP contribution >= 0.6 is 0 Å². The zero-order valence-corrected chi connectivity index (χ0v) is 16.6. The summed E-state index contributed by atoms with van der Waals surface area (Å²) >= 11 is 0. The number of nitrogens with zero attached hydrogens (tertiary/aromatic N) is 1. The van der Waals surface area contributed by atoms with Crippen LogP contribution in [0, 0.1) is 23.2 Å². The maximum atomic E-state index is 6.84. The van der Waals surface area contributed by atoms with E-state index in [-0.39, 0.29) is 17.6 Å². The Bertz CT molecular complexity index is 719. The molecule has 5 heteroatoms. The number of hydrogen-bond donors (Lipinski definition) is 0. The van der Waals surface area contributed by atoms with E-state index in [0.29, 0.717) is 23.8 Å². The molecule has 8 unspecified atom stereocenters. The van der Waals surface area contributed by atoms with Gasteiger partial charge in [0.05, 0.1) is 19.8 Å². The molecule has 0 N–H and O–H groups in total. The highest BCUT2D eigenvalue weighted by atomic mass is 16.7. The van der Waals surface area contributed by atoms with Crippen LogP contribution in [0.25, 0.3) is 0 Å². The summed E-state index contributed by atoms with van der Waals surface area (Å²) < 4.78 is 25.6. The van der Waals surface area contributed by atoms with Gasteiger partial charge in [-0.15, -0.1) is 0 Å². The van der Waals surface area contributed by atoms with Crippen LogP contribution in [0.3, 0.4) is 0 Å². The Morgan fingerprint density at radius 2 is 2.15 bits per heavy atom. The van der Waals surface area contributed by atoms with Gasteiger partial charge in [-0.25, -0.2) is 0 Å². The van der Waals surface area contributed by atoms with Crippen LogP contribution in [0.1, 0.15) is 39.0 Å². The Labute approximate surface area is 161 Å². The largest absolute Gasteiger partial charge is 0.493 e. The number of piperidine rings is 1. The Morgan fingerprint density at radius 3 is 2.96 bits per heavy atom. The second-order valence-corrected chi connectivity index (χ2v) is 9.60. The number of likely N-dealkylation sites (tertiary alicyclic amines) is 1. The molecule has 5 nitrogen and oxygen atoms in total. The highest BCUT2D eigenvalue weighted by molar-refractivity contribution is 5.36. The standard InChI is InChI=1S/C22H31NO4/c1-13-7-11-25-22(27-13)8-6-15-16-12-14-4-5-17(24-3)19-18(14)21(15,20(22)26-19)9-10-23(16)2/h4-5,13-16,18,20H,6-12H2,1-3H3. The minimum absolute atomic E-state index is 0.0180. The molecule has 2 saturated carbocycles. The molecule has 6 aliphatic rings. The second kappa shape index (κ2) is 5.52. The lowest BCUT2D eigenvalue weighted by atomic mass is 9.46. The Balaban J connectivity index is 1.53. The molecule has 3 aliphatic carbocycles. The van der Waals surface area contributed by atoms with Gasteiger partial charge in [0.15, 0.2) is 11.9 Å². The minimum Gasteiger partial charge on any atom is -0.493 e. The predicted molar refractivity (Wildman–Crippen MR) is 99.7 cm³/mol. The molecule has 0 amide bonds. The van der Waals surface area contributed by atoms with Crippen molar-refractivity contribution in [2.75, 3.05) is 27.3 Å². The zero-order valence-electron chi connectivity index (χ0n) is 16.6. The fourth-order valence-corrected chi connectivity index (χ4v) is 7.58. The summed E-state index contributed by atoms with van der Waals surface area (Å²) in [5.74, 6) is 3.01. The van der Waals surface area contributed by atoms with Crippen molar-refractivity contribution in [3.8, 4) is 0 Å². The molecule has 5 fully saturated rings. The fourth-order valence-electron chi connectivity index (χ4n) is 7.58. The molecular weight excluding hydrogens is 342 g/mol. The van der Waals surface area contributed by atoms with Crippen LogP contribution in [0.15, 0.2) is 23.7 Å². The molecule has 8 atom stereocenters. The molecule has 27 heavy (non-hydrogen) atoms. The van der Waals surface area contributed by atoms with Gasteiger partial charge in [0, 0.05) is 23.8 Å². The summed E-state index contributed by atoms with van der Waals surface area (Å²) in [6.07, 6.45) is 10.2. The number of rotatable bonds is 1. The lowest BCUT2D eigenvalue weighted by molar-refractivity contribution is -0.364. The van der Waals surface area contributed by atoms with Gasteiger partial charge in [-0.2, -0.15) is 0 Å². The van der Waals surface area contributed by atoms with Crippen molar-refractivity contribution in [1.29, 1.82) is 0 Å². The van der Waals surface area contributed by atoms with E-state index in [1.807, 2.05) is 0 Å². The number of fused-ring (bicyclic) bond motifs is 1. The monoisotopic (exact) mass is 373 g/mol. The van der Waals surface area contributed by atoms with Crippen LogP contribution < -0.4 is 0 Å². The molecule has 0 aromatic heterocycles. The number of ether oxygens (including phenoxy) is 4. The van der Waals surface area contributed by atoms with Crippen molar-refractivity contribution in [2.45, 2.75) is 63.1 Å². The summed E-state index contributed by atoms with van der Waals surface area (Å²) in [6.45, 7) is 4.08. The third-order valence-corrected chi connectivity index (χ3v) is 8.59. The van der Waals surface area contributed by atoms with Crippen molar-refractivity contribution < 1.29 is 18.9 Å². The molecule has 2 bridgehead atoms. The molecule has 3 aliphatic heterocycles. The average molecular weight is 373 g/mol. The first-order chi connectivity index (χ1) is 13.1. The van der Waals surface area contributed by atoms with Gasteiger partial charge in [-0.1, -0.05) is 6.08 Å². The molecule has 2 spiro atoms. The van der Waals surface area contributed by atoms with Crippen molar-refractivity contribution in [2.24, 2.45) is 23.2 Å². The highest BCUT2D eigenvalue weighted by Crippen LogP contribution is 2.70. The van der Waals surface area contributed by atoms with Crippen molar-refractivity contribution >= 4 is 0 Å². The maximum absolute atomic E-state index is 6.84. The summed E-state index contributed by atoms with van der Waals surface area (Å²) in [5, 5.41) is 0. The van der Waals surface area contributed by atoms with E-state index in [0.717, 1.165) is 43.9 Å². The minimum atomic E-state index is -0.584. The number of allylic oxidation sites excluding steroid dienone is 3. The van der Waals surface area contributed by atoms with E-state index in [9.17, 15) is 0 Å². The smallest absolute Gasteiger partial charge is 0.206 e. The molecule has 0 aromatic rings. The summed E-state index contributed by atoms with van der Waals surface area (Å²) in [4.78, 5) is 2.60. The van der Waals surface area contributed by atoms with Crippen molar-refractivity contribution in [3.05, 3.63) is 23.7 Å². The van der Waals surface area contributed by atoms with E-state index in [1.165, 1.54) is 12.8 Å². The van der Waals surface area contributed by atoms with E-state index in [2.05, 4.69) is 31.0 Å². The second-order valence-electron chi connectivity index (χ2n) is 9.60. The summed E-state index contributed by atoms with van der Waals surface area (Å²) in [7, 11) is 4.08. The maximum Gasteiger partial charge on any atom is 0.206 e. The molecule has 0 aromatic carbocycles. The van der Waals surface area contributed by atoms with Crippen LogP contribution in [0.5, 0.6) is 0 Å². The van der Waals surface area contributed by atoms with Gasteiger partial charge in [0.2, 0.25) is 5.79 Å². The lowest BCUT2D eigenvalue weighted by Crippen LogP contribution is -2.71. The number of methoxy groups -OCH3 is 1. The van der Waals surface area contributed by atoms with Gasteiger partial charge >= 0.3 is 0 Å². The highest BCUT2D eigenvalue weighted by Gasteiger charge is 2.74. The summed E-state index contributed by atoms with van der Waals surface area (Å²) in [5.41, 5.74) is 0.110. The Hall–Kier alpha value is -1.04. The quantitative estimate of drug-likeness (QED) is 0.706. The molecule has 3 saturated heterocycles. The summed E-state index contributed by atoms with van der Waals surface area (Å²) in [6, 6.07) is 0.637. The molecule has 0 radical (unpaired) electrons. The first-order valence-corrected chi connectivity index (χ1v) is 10.7. The SMILES string of the molecule is COC1=C2OC3C4(CCC5C6CC(C=C1)C2C53CCN6C)OCCC(C)O4. The normalized spacial score (nSPS) is 53.3. The molecule has 148 valence electrons. The van der Waals surface area contributed by atoms with Gasteiger partial charge in [-0.05, 0) is 64.1 Å².